The van der Waals surface area contributed by atoms with Crippen LogP contribution in [0.4, 0.5) is 5.82 Å². The summed E-state index contributed by atoms with van der Waals surface area (Å²) < 4.78 is 0. The van der Waals surface area contributed by atoms with Gasteiger partial charge in [-0.25, -0.2) is 4.98 Å². The van der Waals surface area contributed by atoms with Gasteiger partial charge in [-0.3, -0.25) is 9.89 Å². The molecule has 0 saturated carbocycles. The maximum absolute atomic E-state index is 12.5. The van der Waals surface area contributed by atoms with Crippen LogP contribution in [0.25, 0.3) is 33.3 Å². The Morgan fingerprint density at radius 1 is 0.939 bits per heavy atom. The lowest BCUT2D eigenvalue weighted by Gasteiger charge is -2.09. The molecule has 0 aliphatic carbocycles. The van der Waals surface area contributed by atoms with E-state index in [0.29, 0.717) is 11.9 Å². The topological polar surface area (TPSA) is 111 Å². The molecule has 2 aliphatic rings. The van der Waals surface area contributed by atoms with Crippen LogP contribution in [0.2, 0.25) is 0 Å². The minimum atomic E-state index is -0.139. The largest absolute Gasteiger partial charge is 0.341 e. The molecular formula is C25H27N7O. The lowest BCUT2D eigenvalue weighted by atomic mass is 10.0. The summed E-state index contributed by atoms with van der Waals surface area (Å²) >= 11 is 0. The average Bonchev–Trinajstić information content (AvgIpc) is 3.66. The third-order valence-corrected chi connectivity index (χ3v) is 6.70. The summed E-state index contributed by atoms with van der Waals surface area (Å²) in [5.41, 5.74) is 5.22. The van der Waals surface area contributed by atoms with Crippen molar-refractivity contribution in [2.45, 2.75) is 37.8 Å². The van der Waals surface area contributed by atoms with Crippen LogP contribution in [-0.2, 0) is 4.79 Å². The van der Waals surface area contributed by atoms with Crippen molar-refractivity contribution < 1.29 is 4.79 Å². The number of hydrogen-bond acceptors (Lipinski definition) is 5. The van der Waals surface area contributed by atoms with Gasteiger partial charge in [0.15, 0.2) is 5.82 Å². The van der Waals surface area contributed by atoms with Gasteiger partial charge in [-0.2, -0.15) is 5.10 Å². The van der Waals surface area contributed by atoms with Crippen LogP contribution in [-0.4, -0.2) is 45.2 Å². The number of carbonyl (C=O) groups is 1. The molecule has 2 fully saturated rings. The van der Waals surface area contributed by atoms with E-state index in [2.05, 4.69) is 72.5 Å². The zero-order valence-electron chi connectivity index (χ0n) is 18.3. The minimum Gasteiger partial charge on any atom is -0.341 e. The van der Waals surface area contributed by atoms with Crippen molar-refractivity contribution >= 4 is 22.6 Å². The highest BCUT2D eigenvalue weighted by atomic mass is 16.2. The number of amides is 1. The third kappa shape index (κ3) is 3.92. The van der Waals surface area contributed by atoms with Gasteiger partial charge in [0.2, 0.25) is 5.91 Å². The smallest absolute Gasteiger partial charge is 0.242 e. The molecule has 4 heterocycles. The van der Waals surface area contributed by atoms with E-state index in [1.165, 1.54) is 6.42 Å². The third-order valence-electron chi connectivity index (χ3n) is 6.70. The van der Waals surface area contributed by atoms with Gasteiger partial charge in [0.25, 0.3) is 0 Å². The fourth-order valence-electron chi connectivity index (χ4n) is 4.82. The van der Waals surface area contributed by atoms with Crippen molar-refractivity contribution in [2.75, 3.05) is 18.4 Å². The van der Waals surface area contributed by atoms with Crippen LogP contribution in [0.3, 0.4) is 0 Å². The van der Waals surface area contributed by atoms with Gasteiger partial charge in [-0.15, -0.1) is 0 Å². The minimum absolute atomic E-state index is 0.0256. The number of anilines is 1. The summed E-state index contributed by atoms with van der Waals surface area (Å²) in [6.45, 7) is 1.94. The second-order valence-corrected chi connectivity index (χ2v) is 8.88. The highest BCUT2D eigenvalue weighted by molar-refractivity contribution is 6.02. The molecule has 0 bridgehead atoms. The molecule has 2 unspecified atom stereocenters. The monoisotopic (exact) mass is 441 g/mol. The number of aromatic nitrogens is 4. The van der Waals surface area contributed by atoms with Gasteiger partial charge in [0.05, 0.1) is 29.5 Å². The number of carbonyl (C=O) groups excluding carboxylic acids is 1. The number of benzene rings is 2. The number of rotatable bonds is 5. The molecule has 2 aliphatic heterocycles. The summed E-state index contributed by atoms with van der Waals surface area (Å²) in [7, 11) is 0. The molecule has 8 nitrogen and oxygen atoms in total. The molecule has 168 valence electrons. The van der Waals surface area contributed by atoms with E-state index in [1.807, 2.05) is 12.3 Å². The standard InChI is InChI=1S/C25H27N7O/c33-25(21-4-2-12-27-21)30-23-18-13-17(9-10-19(18)31-32-23)15-5-7-16(8-6-15)22-14-28-24(29-22)20-3-1-11-26-20/h5-10,13-14,20-21,26-27H,1-4,11-12H2,(H,28,29)(H2,30,31,32,33). The molecule has 33 heavy (non-hydrogen) atoms. The first kappa shape index (κ1) is 20.1. The van der Waals surface area contributed by atoms with Crippen LogP contribution in [0.15, 0.2) is 48.7 Å². The molecule has 0 spiro atoms. The molecule has 6 rings (SSSR count). The average molecular weight is 442 g/mol. The number of aromatic amines is 2. The van der Waals surface area contributed by atoms with Crippen LogP contribution in [0.5, 0.6) is 0 Å². The Hall–Kier alpha value is -3.49. The first-order chi connectivity index (χ1) is 16.2. The number of nitrogens with zero attached hydrogens (tertiary/aromatic N) is 2. The molecule has 8 heteroatoms. The molecule has 0 radical (unpaired) electrons. The Kier molecular flexibility index (Phi) is 5.16. The van der Waals surface area contributed by atoms with E-state index >= 15 is 0 Å². The predicted octanol–water partition coefficient (Wildman–Crippen LogP) is 3.74. The zero-order valence-corrected chi connectivity index (χ0v) is 18.3. The normalized spacial score (nSPS) is 20.5. The van der Waals surface area contributed by atoms with Crippen molar-refractivity contribution in [3.05, 3.63) is 54.5 Å². The Bertz CT molecular complexity index is 1280. The fraction of sp³-hybridized carbons (Fsp3) is 0.320. The van der Waals surface area contributed by atoms with Gasteiger partial charge in [-0.1, -0.05) is 30.3 Å². The Labute approximate surface area is 191 Å². The van der Waals surface area contributed by atoms with Crippen molar-refractivity contribution in [3.8, 4) is 22.4 Å². The number of nitrogens with one attached hydrogen (secondary N) is 5. The Morgan fingerprint density at radius 3 is 2.52 bits per heavy atom. The van der Waals surface area contributed by atoms with Gasteiger partial charge < -0.3 is 20.9 Å². The van der Waals surface area contributed by atoms with Gasteiger partial charge in [0, 0.05) is 5.39 Å². The molecule has 2 aromatic heterocycles. The van der Waals surface area contributed by atoms with Crippen LogP contribution in [0, 0.1) is 0 Å². The van der Waals surface area contributed by atoms with Crippen LogP contribution >= 0.6 is 0 Å². The summed E-state index contributed by atoms with van der Waals surface area (Å²) in [6.07, 6.45) is 6.12. The van der Waals surface area contributed by atoms with Gasteiger partial charge in [-0.05, 0) is 67.6 Å². The molecule has 5 N–H and O–H groups in total. The molecule has 2 saturated heterocycles. The summed E-state index contributed by atoms with van der Waals surface area (Å²) in [5.74, 6) is 1.56. The van der Waals surface area contributed by atoms with E-state index in [1.54, 1.807) is 0 Å². The molecule has 4 aromatic rings. The number of fused-ring (bicyclic) bond motifs is 1. The lowest BCUT2D eigenvalue weighted by Crippen LogP contribution is -2.35. The van der Waals surface area contributed by atoms with Gasteiger partial charge in [0.1, 0.15) is 5.82 Å². The second kappa shape index (κ2) is 8.46. The van der Waals surface area contributed by atoms with E-state index in [-0.39, 0.29) is 11.9 Å². The summed E-state index contributed by atoms with van der Waals surface area (Å²) in [5, 5.41) is 17.9. The Balaban J connectivity index is 1.23. The molecule has 2 atom stereocenters. The summed E-state index contributed by atoms with van der Waals surface area (Å²) in [4.78, 5) is 20.6. The van der Waals surface area contributed by atoms with E-state index in [9.17, 15) is 4.79 Å². The SMILES string of the molecule is O=C(Nc1n[nH]c2ccc(-c3ccc(-c4cnc(C5CCCN5)[nH]4)cc3)cc12)C1CCCN1. The van der Waals surface area contributed by atoms with Crippen LogP contribution in [0.1, 0.15) is 37.5 Å². The molecular weight excluding hydrogens is 414 g/mol. The first-order valence-corrected chi connectivity index (χ1v) is 11.7. The number of imidazole rings is 1. The van der Waals surface area contributed by atoms with Gasteiger partial charge >= 0.3 is 0 Å². The highest BCUT2D eigenvalue weighted by Crippen LogP contribution is 2.30. The quantitative estimate of drug-likeness (QED) is 0.324. The van der Waals surface area contributed by atoms with E-state index < -0.39 is 0 Å². The number of hydrogen-bond donors (Lipinski definition) is 5. The molecule has 2 aromatic carbocycles. The van der Waals surface area contributed by atoms with Crippen molar-refractivity contribution in [1.82, 2.24) is 30.8 Å². The predicted molar refractivity (Wildman–Crippen MR) is 129 cm³/mol. The zero-order chi connectivity index (χ0) is 22.2. The maximum atomic E-state index is 12.5. The molecule has 1 amide bonds. The lowest BCUT2D eigenvalue weighted by molar-refractivity contribution is -0.117. The van der Waals surface area contributed by atoms with E-state index in [0.717, 1.165) is 71.5 Å². The second-order valence-electron chi connectivity index (χ2n) is 8.88. The Morgan fingerprint density at radius 2 is 1.73 bits per heavy atom. The van der Waals surface area contributed by atoms with Crippen LogP contribution < -0.4 is 16.0 Å². The van der Waals surface area contributed by atoms with Crippen molar-refractivity contribution in [1.29, 1.82) is 0 Å². The first-order valence-electron chi connectivity index (χ1n) is 11.7. The highest BCUT2D eigenvalue weighted by Gasteiger charge is 2.23. The number of H-pyrrole nitrogens is 2. The van der Waals surface area contributed by atoms with Crippen molar-refractivity contribution in [2.24, 2.45) is 0 Å². The van der Waals surface area contributed by atoms with E-state index in [4.69, 9.17) is 0 Å². The fourth-order valence-corrected chi connectivity index (χ4v) is 4.82. The maximum Gasteiger partial charge on any atom is 0.242 e. The van der Waals surface area contributed by atoms with Crippen molar-refractivity contribution in [3.63, 3.8) is 0 Å². The summed E-state index contributed by atoms with van der Waals surface area (Å²) in [6, 6.07) is 14.8.